The third-order valence-electron chi connectivity index (χ3n) is 4.91. The Labute approximate surface area is 96.5 Å². The Kier molecular flexibility index (Phi) is 3.66. The van der Waals surface area contributed by atoms with Crippen molar-refractivity contribution in [2.75, 3.05) is 0 Å². The Morgan fingerprint density at radius 3 is 2.13 bits per heavy atom. The Bertz CT molecular complexity index is 253. The van der Waals surface area contributed by atoms with Crippen LogP contribution in [0.4, 0.5) is 0 Å². The van der Waals surface area contributed by atoms with Crippen molar-refractivity contribution in [1.29, 1.82) is 0 Å². The standard InChI is InChI=1S/C12H26OSi2/c1-10-11(13)8-7-9-12(10)15(5,6)14(2,3)4/h10,12H,7-9H2,1-6H3/t10-,12-/m0/s1. The van der Waals surface area contributed by atoms with E-state index in [1.54, 1.807) is 0 Å². The van der Waals surface area contributed by atoms with Crippen LogP contribution in [-0.4, -0.2) is 21.0 Å². The molecule has 0 unspecified atom stereocenters. The first-order valence-corrected chi connectivity index (χ1v) is 13.8. The summed E-state index contributed by atoms with van der Waals surface area (Å²) >= 11 is 0. The SMILES string of the molecule is C[C@H]1C(=O)CCC[C@@H]1[Si](C)(C)[Si](C)(C)C. The Balaban J connectivity index is 2.91. The molecule has 15 heavy (non-hydrogen) atoms. The number of rotatable bonds is 2. The van der Waals surface area contributed by atoms with Gasteiger partial charge in [-0.05, 0) is 12.0 Å². The second-order valence-electron chi connectivity index (χ2n) is 6.73. The van der Waals surface area contributed by atoms with Crippen molar-refractivity contribution in [3.63, 3.8) is 0 Å². The molecule has 0 aliphatic heterocycles. The molecule has 1 aliphatic carbocycles. The average Bonchev–Trinajstić information content (AvgIpc) is 2.07. The van der Waals surface area contributed by atoms with Crippen LogP contribution in [0.2, 0.25) is 38.3 Å². The molecule has 0 heterocycles. The zero-order chi connectivity index (χ0) is 11.9. The molecule has 1 fully saturated rings. The summed E-state index contributed by atoms with van der Waals surface area (Å²) in [4.78, 5) is 11.8. The lowest BCUT2D eigenvalue weighted by atomic mass is 9.89. The highest BCUT2D eigenvalue weighted by Crippen LogP contribution is 2.43. The van der Waals surface area contributed by atoms with Crippen molar-refractivity contribution < 1.29 is 4.79 Å². The molecule has 1 rings (SSSR count). The van der Waals surface area contributed by atoms with E-state index in [1.807, 2.05) is 0 Å². The van der Waals surface area contributed by atoms with Gasteiger partial charge in [0.15, 0.2) is 0 Å². The molecule has 1 nitrogen and oxygen atoms in total. The summed E-state index contributed by atoms with van der Waals surface area (Å²) in [5, 5.41) is 0. The van der Waals surface area contributed by atoms with Gasteiger partial charge in [0.1, 0.15) is 5.78 Å². The molecule has 0 radical (unpaired) electrons. The van der Waals surface area contributed by atoms with Gasteiger partial charge in [0, 0.05) is 27.5 Å². The van der Waals surface area contributed by atoms with Crippen molar-refractivity contribution in [1.82, 2.24) is 0 Å². The van der Waals surface area contributed by atoms with Gasteiger partial charge in [-0.1, -0.05) is 46.1 Å². The van der Waals surface area contributed by atoms with E-state index in [9.17, 15) is 4.79 Å². The summed E-state index contributed by atoms with van der Waals surface area (Å²) in [6, 6.07) is 0. The summed E-state index contributed by atoms with van der Waals surface area (Å²) in [5.41, 5.74) is 0.755. The highest BCUT2D eigenvalue weighted by atomic mass is 29.3. The third-order valence-corrected chi connectivity index (χ3v) is 24.1. The molecule has 0 amide bonds. The maximum Gasteiger partial charge on any atom is 0.135 e. The number of carbonyl (C=O) groups excluding carboxylic acids is 1. The van der Waals surface area contributed by atoms with Crippen LogP contribution >= 0.6 is 0 Å². The lowest BCUT2D eigenvalue weighted by Gasteiger charge is -2.46. The van der Waals surface area contributed by atoms with Gasteiger partial charge in [-0.25, -0.2) is 0 Å². The minimum absolute atomic E-state index is 0.354. The normalized spacial score (nSPS) is 29.3. The van der Waals surface area contributed by atoms with E-state index in [2.05, 4.69) is 39.7 Å². The van der Waals surface area contributed by atoms with Crippen molar-refractivity contribution in [2.24, 2.45) is 5.92 Å². The minimum atomic E-state index is -1.19. The molecule has 1 saturated carbocycles. The topological polar surface area (TPSA) is 17.1 Å². The predicted octanol–water partition coefficient (Wildman–Crippen LogP) is 3.87. The molecule has 0 saturated heterocycles. The van der Waals surface area contributed by atoms with Gasteiger partial charge in [0.05, 0.1) is 0 Å². The Morgan fingerprint density at radius 1 is 1.13 bits per heavy atom. The Hall–Kier alpha value is 0.104. The fourth-order valence-corrected chi connectivity index (χ4v) is 10.7. The molecule has 0 N–H and O–H groups in total. The summed E-state index contributed by atoms with van der Waals surface area (Å²) < 4.78 is 0. The molecule has 3 heteroatoms. The summed E-state index contributed by atoms with van der Waals surface area (Å²) in [6.07, 6.45) is 3.30. The van der Waals surface area contributed by atoms with Gasteiger partial charge in [0.2, 0.25) is 0 Å². The van der Waals surface area contributed by atoms with Gasteiger partial charge < -0.3 is 0 Å². The summed E-state index contributed by atoms with van der Waals surface area (Å²) in [5.74, 6) is 0.886. The second kappa shape index (κ2) is 4.17. The molecule has 0 aromatic rings. The van der Waals surface area contributed by atoms with Gasteiger partial charge in [-0.3, -0.25) is 4.79 Å². The largest absolute Gasteiger partial charge is 0.299 e. The first kappa shape index (κ1) is 13.2. The van der Waals surface area contributed by atoms with Gasteiger partial charge >= 0.3 is 0 Å². The molecular formula is C12H26OSi2. The summed E-state index contributed by atoms with van der Waals surface area (Å²) in [6.45, 7) is 14.7. The van der Waals surface area contributed by atoms with Gasteiger partial charge in [0.25, 0.3) is 0 Å². The van der Waals surface area contributed by atoms with Gasteiger partial charge in [-0.15, -0.1) is 0 Å². The minimum Gasteiger partial charge on any atom is -0.299 e. The number of hydrogen-bond donors (Lipinski definition) is 0. The van der Waals surface area contributed by atoms with Crippen LogP contribution in [0.3, 0.4) is 0 Å². The molecule has 2 atom stereocenters. The van der Waals surface area contributed by atoms with E-state index >= 15 is 0 Å². The van der Waals surface area contributed by atoms with Crippen LogP contribution in [0.25, 0.3) is 0 Å². The highest BCUT2D eigenvalue weighted by molar-refractivity contribution is 7.40. The first-order valence-electron chi connectivity index (χ1n) is 6.20. The van der Waals surface area contributed by atoms with E-state index in [-0.39, 0.29) is 0 Å². The van der Waals surface area contributed by atoms with Crippen LogP contribution in [0.5, 0.6) is 0 Å². The first-order chi connectivity index (χ1) is 6.68. The van der Waals surface area contributed by atoms with E-state index in [1.165, 1.54) is 6.42 Å². The maximum atomic E-state index is 11.8. The zero-order valence-corrected chi connectivity index (χ0v) is 13.2. The van der Waals surface area contributed by atoms with Crippen molar-refractivity contribution in [3.8, 4) is 0 Å². The molecule has 0 aromatic carbocycles. The Morgan fingerprint density at radius 2 is 1.67 bits per heavy atom. The monoisotopic (exact) mass is 242 g/mol. The number of Topliss-reactive ketones (excluding diaryl/α,β-unsaturated/α-hetero) is 1. The molecule has 1 aliphatic rings. The van der Waals surface area contributed by atoms with Crippen LogP contribution in [0.15, 0.2) is 0 Å². The van der Waals surface area contributed by atoms with Crippen molar-refractivity contribution in [3.05, 3.63) is 0 Å². The summed E-state index contributed by atoms with van der Waals surface area (Å²) in [7, 11) is -2.25. The lowest BCUT2D eigenvalue weighted by Crippen LogP contribution is -2.58. The molecule has 88 valence electrons. The molecular weight excluding hydrogens is 216 g/mol. The fourth-order valence-electron chi connectivity index (χ4n) is 2.74. The van der Waals surface area contributed by atoms with Crippen LogP contribution in [0.1, 0.15) is 26.2 Å². The van der Waals surface area contributed by atoms with E-state index in [0.29, 0.717) is 11.7 Å². The predicted molar refractivity (Wildman–Crippen MR) is 72.6 cm³/mol. The van der Waals surface area contributed by atoms with Crippen LogP contribution in [0, 0.1) is 5.92 Å². The highest BCUT2D eigenvalue weighted by Gasteiger charge is 2.47. The second-order valence-corrected chi connectivity index (χ2v) is 23.8. The quantitative estimate of drug-likeness (QED) is 0.672. The fraction of sp³-hybridized carbons (Fsp3) is 0.917. The average molecular weight is 243 g/mol. The maximum absolute atomic E-state index is 11.8. The van der Waals surface area contributed by atoms with Crippen molar-refractivity contribution >= 4 is 21.0 Å². The molecule has 0 bridgehead atoms. The van der Waals surface area contributed by atoms with E-state index < -0.39 is 15.2 Å². The number of carbonyl (C=O) groups is 1. The third kappa shape index (κ3) is 2.44. The van der Waals surface area contributed by atoms with E-state index in [0.717, 1.165) is 18.4 Å². The lowest BCUT2D eigenvalue weighted by molar-refractivity contribution is -0.123. The number of hydrogen-bond acceptors (Lipinski definition) is 1. The van der Waals surface area contributed by atoms with Crippen molar-refractivity contribution in [2.45, 2.75) is 64.5 Å². The van der Waals surface area contributed by atoms with Gasteiger partial charge in [-0.2, -0.15) is 0 Å². The van der Waals surface area contributed by atoms with E-state index in [4.69, 9.17) is 0 Å². The molecule has 0 aromatic heterocycles. The molecule has 0 spiro atoms. The number of ketones is 1. The van der Waals surface area contributed by atoms with Crippen LogP contribution in [-0.2, 0) is 4.79 Å². The zero-order valence-electron chi connectivity index (χ0n) is 11.2. The van der Waals surface area contributed by atoms with Crippen LogP contribution < -0.4 is 0 Å². The smallest absolute Gasteiger partial charge is 0.135 e.